The zero-order chi connectivity index (χ0) is 14.7. The third-order valence-corrected chi connectivity index (χ3v) is 2.95. The minimum atomic E-state index is -0.989. The lowest BCUT2D eigenvalue weighted by Crippen LogP contribution is -2.11. The molecule has 0 atom stereocenters. The Balaban J connectivity index is 2.33. The highest BCUT2D eigenvalue weighted by Gasteiger charge is 2.08. The molecular formula is C15H17N3O2. The first-order chi connectivity index (χ1) is 9.49. The summed E-state index contributed by atoms with van der Waals surface area (Å²) in [5.74, 6) is -0.989. The van der Waals surface area contributed by atoms with Crippen LogP contribution in [-0.2, 0) is 0 Å². The van der Waals surface area contributed by atoms with Crippen LogP contribution in [0.1, 0.15) is 10.4 Å². The molecule has 5 heteroatoms. The number of nitrogens with two attached hydrogens (primary N) is 1. The summed E-state index contributed by atoms with van der Waals surface area (Å²) >= 11 is 0. The Morgan fingerprint density at radius 1 is 1.15 bits per heavy atom. The summed E-state index contributed by atoms with van der Waals surface area (Å²) in [4.78, 5) is 12.9. The lowest BCUT2D eigenvalue weighted by molar-refractivity contribution is 0.0697. The number of carboxylic acid groups (broad SMARTS) is 1. The number of carboxylic acids is 1. The van der Waals surface area contributed by atoms with Crippen LogP contribution >= 0.6 is 0 Å². The van der Waals surface area contributed by atoms with E-state index < -0.39 is 5.97 Å². The van der Waals surface area contributed by atoms with Crippen molar-refractivity contribution in [3.05, 3.63) is 48.0 Å². The van der Waals surface area contributed by atoms with Crippen molar-refractivity contribution < 1.29 is 9.90 Å². The van der Waals surface area contributed by atoms with Gasteiger partial charge in [-0.15, -0.1) is 0 Å². The van der Waals surface area contributed by atoms with Crippen molar-refractivity contribution in [1.82, 2.24) is 0 Å². The molecule has 0 aliphatic heterocycles. The van der Waals surface area contributed by atoms with E-state index in [1.807, 2.05) is 43.3 Å². The summed E-state index contributed by atoms with van der Waals surface area (Å²) in [5.41, 5.74) is 9.09. The monoisotopic (exact) mass is 271 g/mol. The first kappa shape index (κ1) is 13.7. The highest BCUT2D eigenvalue weighted by molar-refractivity contribution is 5.91. The SMILES string of the molecule is CN(C)c1ccccc1Nc1ccc(C(=O)O)cc1N. The first-order valence-corrected chi connectivity index (χ1v) is 6.15. The minimum absolute atomic E-state index is 0.175. The highest BCUT2D eigenvalue weighted by Crippen LogP contribution is 2.30. The average Bonchev–Trinajstić information content (AvgIpc) is 2.41. The third-order valence-electron chi connectivity index (χ3n) is 2.95. The molecule has 20 heavy (non-hydrogen) atoms. The van der Waals surface area contributed by atoms with E-state index in [1.165, 1.54) is 12.1 Å². The fourth-order valence-electron chi connectivity index (χ4n) is 1.92. The molecule has 2 aromatic carbocycles. The van der Waals surface area contributed by atoms with Gasteiger partial charge in [0.25, 0.3) is 0 Å². The highest BCUT2D eigenvalue weighted by atomic mass is 16.4. The molecule has 5 nitrogen and oxygen atoms in total. The Morgan fingerprint density at radius 2 is 1.85 bits per heavy atom. The molecule has 4 N–H and O–H groups in total. The molecule has 2 aromatic rings. The standard InChI is InChI=1S/C15H17N3O2/c1-18(2)14-6-4-3-5-13(14)17-12-8-7-10(15(19)20)9-11(12)16/h3-9,17H,16H2,1-2H3,(H,19,20). The summed E-state index contributed by atoms with van der Waals surface area (Å²) in [6, 6.07) is 12.5. The number of rotatable bonds is 4. The Bertz CT molecular complexity index is 639. The molecule has 0 aliphatic rings. The van der Waals surface area contributed by atoms with Crippen LogP contribution in [-0.4, -0.2) is 25.2 Å². The van der Waals surface area contributed by atoms with Crippen molar-refractivity contribution in [3.63, 3.8) is 0 Å². The van der Waals surface area contributed by atoms with Crippen LogP contribution in [0.3, 0.4) is 0 Å². The minimum Gasteiger partial charge on any atom is -0.478 e. The van der Waals surface area contributed by atoms with E-state index in [4.69, 9.17) is 10.8 Å². The quantitative estimate of drug-likeness (QED) is 0.745. The van der Waals surface area contributed by atoms with Crippen LogP contribution in [0.25, 0.3) is 0 Å². The van der Waals surface area contributed by atoms with Crippen LogP contribution in [0.5, 0.6) is 0 Å². The summed E-state index contributed by atoms with van der Waals surface area (Å²) in [5, 5.41) is 12.2. The van der Waals surface area contributed by atoms with Gasteiger partial charge in [0.15, 0.2) is 0 Å². The molecule has 0 unspecified atom stereocenters. The smallest absolute Gasteiger partial charge is 0.335 e. The maximum absolute atomic E-state index is 10.9. The molecule has 0 saturated heterocycles. The van der Waals surface area contributed by atoms with Crippen LogP contribution in [0, 0.1) is 0 Å². The zero-order valence-electron chi connectivity index (χ0n) is 11.4. The molecule has 0 fully saturated rings. The summed E-state index contributed by atoms with van der Waals surface area (Å²) in [6.07, 6.45) is 0. The molecule has 0 bridgehead atoms. The second kappa shape index (κ2) is 5.52. The van der Waals surface area contributed by atoms with Gasteiger partial charge >= 0.3 is 5.97 Å². The topological polar surface area (TPSA) is 78.6 Å². The van der Waals surface area contributed by atoms with E-state index in [0.29, 0.717) is 11.4 Å². The van der Waals surface area contributed by atoms with Crippen molar-refractivity contribution >= 4 is 28.7 Å². The van der Waals surface area contributed by atoms with Crippen LogP contribution in [0.2, 0.25) is 0 Å². The zero-order valence-corrected chi connectivity index (χ0v) is 11.4. The van der Waals surface area contributed by atoms with Gasteiger partial charge in [0.1, 0.15) is 0 Å². The van der Waals surface area contributed by atoms with E-state index in [2.05, 4.69) is 5.32 Å². The maximum atomic E-state index is 10.9. The van der Waals surface area contributed by atoms with E-state index >= 15 is 0 Å². The van der Waals surface area contributed by atoms with Gasteiger partial charge in [-0.1, -0.05) is 12.1 Å². The number of para-hydroxylation sites is 2. The predicted molar refractivity (Wildman–Crippen MR) is 81.9 cm³/mol. The number of carbonyl (C=O) groups is 1. The summed E-state index contributed by atoms with van der Waals surface area (Å²) in [6.45, 7) is 0. The lowest BCUT2D eigenvalue weighted by atomic mass is 10.1. The summed E-state index contributed by atoms with van der Waals surface area (Å²) < 4.78 is 0. The van der Waals surface area contributed by atoms with E-state index in [1.54, 1.807) is 6.07 Å². The predicted octanol–water partition coefficient (Wildman–Crippen LogP) is 2.78. The number of nitrogens with zero attached hydrogens (tertiary/aromatic N) is 1. The molecule has 104 valence electrons. The van der Waals surface area contributed by atoms with Gasteiger partial charge in [0, 0.05) is 14.1 Å². The third kappa shape index (κ3) is 2.83. The lowest BCUT2D eigenvalue weighted by Gasteiger charge is -2.19. The Morgan fingerprint density at radius 3 is 2.45 bits per heavy atom. The molecule has 2 rings (SSSR count). The van der Waals surface area contributed by atoms with E-state index in [-0.39, 0.29) is 5.56 Å². The Kier molecular flexibility index (Phi) is 3.79. The average molecular weight is 271 g/mol. The van der Waals surface area contributed by atoms with Crippen molar-refractivity contribution in [2.75, 3.05) is 30.0 Å². The van der Waals surface area contributed by atoms with E-state index in [0.717, 1.165) is 11.4 Å². The number of benzene rings is 2. The van der Waals surface area contributed by atoms with Crippen LogP contribution < -0.4 is 16.0 Å². The van der Waals surface area contributed by atoms with Gasteiger partial charge in [-0.2, -0.15) is 0 Å². The molecule has 0 radical (unpaired) electrons. The van der Waals surface area contributed by atoms with Crippen molar-refractivity contribution in [3.8, 4) is 0 Å². The van der Waals surface area contributed by atoms with Gasteiger partial charge in [-0.3, -0.25) is 0 Å². The number of hydrogen-bond acceptors (Lipinski definition) is 4. The van der Waals surface area contributed by atoms with Crippen LogP contribution in [0.4, 0.5) is 22.7 Å². The van der Waals surface area contributed by atoms with Crippen molar-refractivity contribution in [2.24, 2.45) is 0 Å². The number of hydrogen-bond donors (Lipinski definition) is 3. The molecule has 0 spiro atoms. The second-order valence-electron chi connectivity index (χ2n) is 4.64. The maximum Gasteiger partial charge on any atom is 0.335 e. The number of nitrogens with one attached hydrogen (secondary N) is 1. The fourth-order valence-corrected chi connectivity index (χ4v) is 1.92. The van der Waals surface area contributed by atoms with Gasteiger partial charge in [0.05, 0.1) is 28.3 Å². The second-order valence-corrected chi connectivity index (χ2v) is 4.64. The van der Waals surface area contributed by atoms with Gasteiger partial charge in [-0.25, -0.2) is 4.79 Å². The normalized spacial score (nSPS) is 10.1. The van der Waals surface area contributed by atoms with Crippen LogP contribution in [0.15, 0.2) is 42.5 Å². The van der Waals surface area contributed by atoms with Gasteiger partial charge < -0.3 is 21.1 Å². The largest absolute Gasteiger partial charge is 0.478 e. The molecule has 0 saturated carbocycles. The molecule has 0 aliphatic carbocycles. The molecule has 0 heterocycles. The number of aromatic carboxylic acids is 1. The number of nitrogen functional groups attached to an aromatic ring is 1. The Hall–Kier alpha value is -2.69. The fraction of sp³-hybridized carbons (Fsp3) is 0.133. The molecule has 0 amide bonds. The van der Waals surface area contributed by atoms with Crippen molar-refractivity contribution in [2.45, 2.75) is 0 Å². The molecule has 0 aromatic heterocycles. The first-order valence-electron chi connectivity index (χ1n) is 6.15. The van der Waals surface area contributed by atoms with Crippen molar-refractivity contribution in [1.29, 1.82) is 0 Å². The van der Waals surface area contributed by atoms with Gasteiger partial charge in [0.2, 0.25) is 0 Å². The summed E-state index contributed by atoms with van der Waals surface area (Å²) in [7, 11) is 3.91. The van der Waals surface area contributed by atoms with E-state index in [9.17, 15) is 4.79 Å². The molecular weight excluding hydrogens is 254 g/mol. The van der Waals surface area contributed by atoms with Gasteiger partial charge in [-0.05, 0) is 30.3 Å². The number of anilines is 4. The Labute approximate surface area is 117 Å².